The minimum absolute atomic E-state index is 0.0162. The number of carbonyl (C=O) groups excluding carboxylic acids is 2. The number of thiazole rings is 1. The number of carbonyl (C=O) groups is 2. The zero-order valence-electron chi connectivity index (χ0n) is 28.3. The molecule has 0 aliphatic heterocycles. The molecule has 3 aromatic rings. The third kappa shape index (κ3) is 9.79. The number of rotatable bonds is 11. The first kappa shape index (κ1) is 37.2. The molecule has 2 aliphatic rings. The van der Waals surface area contributed by atoms with Crippen LogP contribution in [-0.2, 0) is 19.1 Å². The molecule has 0 spiro atoms. The summed E-state index contributed by atoms with van der Waals surface area (Å²) in [5.74, 6) is 6.11. The van der Waals surface area contributed by atoms with Gasteiger partial charge in [-0.1, -0.05) is 19.4 Å². The number of esters is 2. The van der Waals surface area contributed by atoms with Crippen LogP contribution in [0.15, 0.2) is 42.5 Å². The van der Waals surface area contributed by atoms with Crippen LogP contribution < -0.4 is 9.47 Å². The van der Waals surface area contributed by atoms with Gasteiger partial charge in [0, 0.05) is 6.07 Å². The number of ether oxygens (including phenoxy) is 4. The lowest BCUT2D eigenvalue weighted by Crippen LogP contribution is -2.31. The van der Waals surface area contributed by atoms with Crippen LogP contribution >= 0.6 is 11.3 Å². The molecule has 1 heterocycles. The van der Waals surface area contributed by atoms with Crippen molar-refractivity contribution in [2.75, 3.05) is 19.8 Å². The van der Waals surface area contributed by atoms with Crippen LogP contribution in [0.2, 0.25) is 0 Å². The van der Waals surface area contributed by atoms with Crippen molar-refractivity contribution in [2.45, 2.75) is 83.9 Å². The minimum Gasteiger partial charge on any atom is -0.507 e. The SMILES string of the molecule is C=C(C(=O)OCCOC1CCC(C2CCC(C(=O)Oc3ccc(O)c(C#Cc4nc5c(OCCC)cc(C)cc5s4)c3)CC2)CC1)C(F)(F)F. The Hall–Kier alpha value is -4.08. The summed E-state index contributed by atoms with van der Waals surface area (Å²) in [6.07, 6.45) is 2.97. The van der Waals surface area contributed by atoms with Crippen LogP contribution in [0.5, 0.6) is 17.2 Å². The number of alkyl halides is 3. The van der Waals surface area contributed by atoms with E-state index in [-0.39, 0.29) is 37.0 Å². The number of benzene rings is 2. The fourth-order valence-electron chi connectivity index (χ4n) is 6.61. The molecule has 0 saturated heterocycles. The van der Waals surface area contributed by atoms with Gasteiger partial charge in [0.25, 0.3) is 0 Å². The van der Waals surface area contributed by atoms with Crippen LogP contribution in [0.1, 0.15) is 80.8 Å². The van der Waals surface area contributed by atoms with Gasteiger partial charge in [-0.2, -0.15) is 13.2 Å². The summed E-state index contributed by atoms with van der Waals surface area (Å²) in [5.41, 5.74) is 0.646. The average molecular weight is 714 g/mol. The van der Waals surface area contributed by atoms with Crippen LogP contribution in [-0.4, -0.2) is 54.1 Å². The Labute approximate surface area is 294 Å². The molecule has 2 aliphatic carbocycles. The Kier molecular flexibility index (Phi) is 12.5. The predicted octanol–water partition coefficient (Wildman–Crippen LogP) is 8.45. The number of hydrogen-bond donors (Lipinski definition) is 1. The van der Waals surface area contributed by atoms with Gasteiger partial charge < -0.3 is 24.1 Å². The Morgan fingerprint density at radius 1 is 0.980 bits per heavy atom. The van der Waals surface area contributed by atoms with Crippen LogP contribution in [0.4, 0.5) is 13.2 Å². The van der Waals surface area contributed by atoms with E-state index in [2.05, 4.69) is 28.1 Å². The Morgan fingerprint density at radius 2 is 1.68 bits per heavy atom. The molecule has 2 aromatic carbocycles. The molecule has 0 bridgehead atoms. The molecule has 0 atom stereocenters. The molecule has 268 valence electrons. The Balaban J connectivity index is 1.07. The van der Waals surface area contributed by atoms with Gasteiger partial charge in [0.1, 0.15) is 34.9 Å². The van der Waals surface area contributed by atoms with Crippen molar-refractivity contribution in [1.29, 1.82) is 0 Å². The number of aromatic nitrogens is 1. The van der Waals surface area contributed by atoms with E-state index >= 15 is 0 Å². The van der Waals surface area contributed by atoms with Crippen LogP contribution in [0, 0.1) is 36.5 Å². The van der Waals surface area contributed by atoms with Crippen LogP contribution in [0.3, 0.4) is 0 Å². The molecule has 12 heteroatoms. The first-order valence-electron chi connectivity index (χ1n) is 17.1. The summed E-state index contributed by atoms with van der Waals surface area (Å²) >= 11 is 1.45. The van der Waals surface area contributed by atoms with Gasteiger partial charge in [0.15, 0.2) is 5.01 Å². The van der Waals surface area contributed by atoms with Gasteiger partial charge in [-0.15, -0.1) is 11.3 Å². The van der Waals surface area contributed by atoms with Gasteiger partial charge in [0.05, 0.1) is 35.5 Å². The van der Waals surface area contributed by atoms with E-state index in [1.807, 2.05) is 26.0 Å². The van der Waals surface area contributed by atoms with E-state index < -0.39 is 17.7 Å². The normalized spacial score (nSPS) is 20.8. The quantitative estimate of drug-likeness (QED) is 0.0695. The molecule has 1 aromatic heterocycles. The Morgan fingerprint density at radius 3 is 2.36 bits per heavy atom. The monoisotopic (exact) mass is 713 g/mol. The molecular formula is C38H42F3NO7S. The number of aryl methyl sites for hydroxylation is 1. The van der Waals surface area contributed by atoms with Crippen molar-refractivity contribution in [3.8, 4) is 29.1 Å². The molecule has 8 nitrogen and oxygen atoms in total. The summed E-state index contributed by atoms with van der Waals surface area (Å²) < 4.78 is 60.6. The van der Waals surface area contributed by atoms with Gasteiger partial charge in [-0.3, -0.25) is 4.79 Å². The second-order valence-electron chi connectivity index (χ2n) is 13.0. The van der Waals surface area contributed by atoms with Crippen molar-refractivity contribution in [3.63, 3.8) is 0 Å². The maximum absolute atomic E-state index is 13.1. The third-order valence-corrected chi connectivity index (χ3v) is 10.2. The molecule has 0 radical (unpaired) electrons. The summed E-state index contributed by atoms with van der Waals surface area (Å²) in [5, 5.41) is 11.0. The number of halogens is 3. The lowest BCUT2D eigenvalue weighted by molar-refractivity contribution is -0.152. The van der Waals surface area contributed by atoms with Gasteiger partial charge >= 0.3 is 18.1 Å². The Bertz CT molecular complexity index is 1740. The largest absolute Gasteiger partial charge is 0.507 e. The fraction of sp³-hybridized carbons (Fsp3) is 0.500. The zero-order chi connectivity index (χ0) is 35.8. The van der Waals surface area contributed by atoms with Gasteiger partial charge in [-0.25, -0.2) is 9.78 Å². The molecule has 2 saturated carbocycles. The first-order valence-corrected chi connectivity index (χ1v) is 17.9. The van der Waals surface area contributed by atoms with E-state index in [0.717, 1.165) is 79.3 Å². The van der Waals surface area contributed by atoms with E-state index in [9.17, 15) is 27.9 Å². The fourth-order valence-corrected chi connectivity index (χ4v) is 7.54. The third-order valence-electron chi connectivity index (χ3n) is 9.31. The zero-order valence-corrected chi connectivity index (χ0v) is 29.1. The highest BCUT2D eigenvalue weighted by Gasteiger charge is 2.38. The standard InChI is InChI=1S/C38H42F3NO7S/c1-4-17-47-32-20-23(2)21-33-35(32)42-34(50-33)16-11-28-22-30(14-15-31(28)43)49-37(45)27-7-5-25(6-8-27)26-9-12-29(13-10-26)46-18-19-48-36(44)24(3)38(39,40)41/h14-15,20-22,25-27,29,43H,3-10,12-13,17-19H2,1-2H3. The molecule has 1 N–H and O–H groups in total. The second kappa shape index (κ2) is 16.8. The molecule has 0 unspecified atom stereocenters. The van der Waals surface area contributed by atoms with Crippen molar-refractivity contribution in [1.82, 2.24) is 4.98 Å². The number of aromatic hydroxyl groups is 1. The van der Waals surface area contributed by atoms with E-state index in [1.54, 1.807) is 12.1 Å². The van der Waals surface area contributed by atoms with Gasteiger partial charge in [0.2, 0.25) is 0 Å². The van der Waals surface area contributed by atoms with Crippen molar-refractivity contribution < 1.29 is 46.8 Å². The summed E-state index contributed by atoms with van der Waals surface area (Å²) in [6, 6.07) is 8.62. The first-order chi connectivity index (χ1) is 23.9. The highest BCUT2D eigenvalue weighted by atomic mass is 32.1. The maximum Gasteiger partial charge on any atom is 0.422 e. The lowest BCUT2D eigenvalue weighted by Gasteiger charge is -2.37. The summed E-state index contributed by atoms with van der Waals surface area (Å²) in [4.78, 5) is 29.2. The lowest BCUT2D eigenvalue weighted by atomic mass is 9.70. The van der Waals surface area contributed by atoms with Crippen molar-refractivity contribution in [3.05, 3.63) is 58.6 Å². The summed E-state index contributed by atoms with van der Waals surface area (Å²) in [6.45, 7) is 7.16. The highest BCUT2D eigenvalue weighted by molar-refractivity contribution is 7.19. The van der Waals surface area contributed by atoms with Crippen LogP contribution in [0.25, 0.3) is 10.2 Å². The topological polar surface area (TPSA) is 104 Å². The molecule has 50 heavy (non-hydrogen) atoms. The van der Waals surface area contributed by atoms with Gasteiger partial charge in [-0.05, 0) is 112 Å². The maximum atomic E-state index is 13.1. The average Bonchev–Trinajstić information content (AvgIpc) is 3.51. The number of phenols is 1. The van der Waals surface area contributed by atoms with Crippen molar-refractivity contribution >= 4 is 33.5 Å². The van der Waals surface area contributed by atoms with E-state index in [4.69, 9.17) is 14.2 Å². The number of hydrogen-bond acceptors (Lipinski definition) is 9. The summed E-state index contributed by atoms with van der Waals surface area (Å²) in [7, 11) is 0. The molecule has 2 fully saturated rings. The highest BCUT2D eigenvalue weighted by Crippen LogP contribution is 2.41. The molecule has 0 amide bonds. The minimum atomic E-state index is -4.81. The van der Waals surface area contributed by atoms with E-state index in [0.29, 0.717) is 34.8 Å². The van der Waals surface area contributed by atoms with E-state index in [1.165, 1.54) is 17.4 Å². The molecular weight excluding hydrogens is 671 g/mol. The number of fused-ring (bicyclic) bond motifs is 1. The molecule has 5 rings (SSSR count). The smallest absolute Gasteiger partial charge is 0.422 e. The van der Waals surface area contributed by atoms with Crippen molar-refractivity contribution in [2.24, 2.45) is 17.8 Å². The number of nitrogens with zero attached hydrogens (tertiary/aromatic N) is 1. The number of phenolic OH excluding ortho intramolecular Hbond substituents is 1. The predicted molar refractivity (Wildman–Crippen MR) is 183 cm³/mol. The second-order valence-corrected chi connectivity index (χ2v) is 14.0.